The zero-order valence-electron chi connectivity index (χ0n) is 13.1. The van der Waals surface area contributed by atoms with E-state index in [0.717, 1.165) is 12.0 Å². The van der Waals surface area contributed by atoms with Gasteiger partial charge in [0.05, 0.1) is 12.2 Å². The summed E-state index contributed by atoms with van der Waals surface area (Å²) >= 11 is 0. The molecule has 0 saturated carbocycles. The number of ether oxygens (including phenoxy) is 1. The highest BCUT2D eigenvalue weighted by atomic mass is 16.5. The van der Waals surface area contributed by atoms with Gasteiger partial charge in [-0.05, 0) is 29.9 Å². The van der Waals surface area contributed by atoms with Crippen LogP contribution < -0.4 is 11.5 Å². The van der Waals surface area contributed by atoms with Gasteiger partial charge in [-0.25, -0.2) is 4.79 Å². The van der Waals surface area contributed by atoms with Crippen LogP contribution in [0.25, 0.3) is 0 Å². The Morgan fingerprint density at radius 3 is 2.15 bits per heavy atom. The Balaban J connectivity index is 3.08. The van der Waals surface area contributed by atoms with E-state index in [4.69, 9.17) is 16.2 Å². The molecule has 112 valence electrons. The van der Waals surface area contributed by atoms with Gasteiger partial charge >= 0.3 is 5.97 Å². The normalized spacial score (nSPS) is 11.7. The van der Waals surface area contributed by atoms with Crippen molar-refractivity contribution in [3.8, 4) is 0 Å². The number of nitrogen functional groups attached to an aromatic ring is 2. The van der Waals surface area contributed by atoms with E-state index in [9.17, 15) is 4.79 Å². The Hall–Kier alpha value is -1.71. The molecule has 1 aromatic rings. The Bertz CT molecular complexity index is 470. The molecule has 0 heterocycles. The van der Waals surface area contributed by atoms with Gasteiger partial charge in [0.25, 0.3) is 0 Å². The van der Waals surface area contributed by atoms with Gasteiger partial charge in [0.1, 0.15) is 0 Å². The lowest BCUT2D eigenvalue weighted by Crippen LogP contribution is -2.21. The summed E-state index contributed by atoms with van der Waals surface area (Å²) in [6.07, 6.45) is 0.915. The summed E-state index contributed by atoms with van der Waals surface area (Å²) in [6.45, 7) is 10.6. The Kier molecular flexibility index (Phi) is 5.03. The third kappa shape index (κ3) is 3.65. The summed E-state index contributed by atoms with van der Waals surface area (Å²) in [7, 11) is 0. The number of carbonyl (C=O) groups excluding carboxylic acids is 1. The van der Waals surface area contributed by atoms with Crippen molar-refractivity contribution in [1.82, 2.24) is 0 Å². The molecule has 0 spiro atoms. The molecule has 1 aromatic carbocycles. The van der Waals surface area contributed by atoms with Crippen LogP contribution in [0.1, 0.15) is 57.0 Å². The first-order valence-corrected chi connectivity index (χ1v) is 7.05. The fourth-order valence-electron chi connectivity index (χ4n) is 2.09. The fourth-order valence-corrected chi connectivity index (χ4v) is 2.09. The molecule has 4 N–H and O–H groups in total. The van der Waals surface area contributed by atoms with Gasteiger partial charge < -0.3 is 16.2 Å². The summed E-state index contributed by atoms with van der Waals surface area (Å²) in [6, 6.07) is 3.32. The highest BCUT2D eigenvalue weighted by molar-refractivity contribution is 5.92. The van der Waals surface area contributed by atoms with Gasteiger partial charge in [-0.2, -0.15) is 0 Å². The van der Waals surface area contributed by atoms with Crippen molar-refractivity contribution in [2.24, 2.45) is 5.92 Å². The molecule has 0 saturated heterocycles. The van der Waals surface area contributed by atoms with Gasteiger partial charge in [0.2, 0.25) is 0 Å². The fraction of sp³-hybridized carbons (Fsp3) is 0.562. The minimum Gasteiger partial charge on any atom is -0.462 e. The number of anilines is 2. The van der Waals surface area contributed by atoms with Crippen molar-refractivity contribution in [1.29, 1.82) is 0 Å². The number of hydrogen-bond acceptors (Lipinski definition) is 4. The van der Waals surface area contributed by atoms with Crippen molar-refractivity contribution in [2.75, 3.05) is 18.1 Å². The maximum absolute atomic E-state index is 12.0. The first kappa shape index (κ1) is 16.3. The zero-order chi connectivity index (χ0) is 15.5. The van der Waals surface area contributed by atoms with Gasteiger partial charge in [0, 0.05) is 16.9 Å². The second-order valence-electron chi connectivity index (χ2n) is 6.26. The maximum atomic E-state index is 12.0. The number of hydrogen-bond donors (Lipinski definition) is 2. The SMILES string of the molecule is CCC(C)(C)c1c(N)cc(C(=O)OCC(C)C)cc1N. The lowest BCUT2D eigenvalue weighted by atomic mass is 9.80. The molecule has 20 heavy (non-hydrogen) atoms. The molecule has 0 fully saturated rings. The summed E-state index contributed by atoms with van der Waals surface area (Å²) in [5.41, 5.74) is 14.5. The Labute approximate surface area is 121 Å². The van der Waals surface area contributed by atoms with E-state index in [2.05, 4.69) is 20.8 Å². The topological polar surface area (TPSA) is 78.3 Å². The van der Waals surface area contributed by atoms with Gasteiger partial charge in [0.15, 0.2) is 0 Å². The monoisotopic (exact) mass is 278 g/mol. The summed E-state index contributed by atoms with van der Waals surface area (Å²) in [5, 5.41) is 0. The Morgan fingerprint density at radius 1 is 1.25 bits per heavy atom. The molecule has 0 aliphatic rings. The second kappa shape index (κ2) is 6.16. The number of carbonyl (C=O) groups is 1. The lowest BCUT2D eigenvalue weighted by Gasteiger charge is -2.27. The predicted molar refractivity (Wildman–Crippen MR) is 83.7 cm³/mol. The largest absolute Gasteiger partial charge is 0.462 e. The van der Waals surface area contributed by atoms with E-state index in [1.54, 1.807) is 12.1 Å². The van der Waals surface area contributed by atoms with E-state index in [0.29, 0.717) is 29.5 Å². The van der Waals surface area contributed by atoms with Gasteiger partial charge in [-0.1, -0.05) is 34.6 Å². The van der Waals surface area contributed by atoms with Crippen LogP contribution in [0.15, 0.2) is 12.1 Å². The van der Waals surface area contributed by atoms with Crippen LogP contribution in [0.3, 0.4) is 0 Å². The van der Waals surface area contributed by atoms with Gasteiger partial charge in [-0.15, -0.1) is 0 Å². The smallest absolute Gasteiger partial charge is 0.338 e. The molecule has 4 heteroatoms. The molecule has 0 amide bonds. The first-order chi connectivity index (χ1) is 9.19. The summed E-state index contributed by atoms with van der Waals surface area (Å²) in [4.78, 5) is 12.0. The lowest BCUT2D eigenvalue weighted by molar-refractivity contribution is 0.0459. The average molecular weight is 278 g/mol. The molecular weight excluding hydrogens is 252 g/mol. The standard InChI is InChI=1S/C16H26N2O2/c1-6-16(4,5)14-12(17)7-11(8-13(14)18)15(19)20-9-10(2)3/h7-8,10H,6,9,17-18H2,1-5H3. The Morgan fingerprint density at radius 2 is 1.75 bits per heavy atom. The molecule has 0 radical (unpaired) electrons. The second-order valence-corrected chi connectivity index (χ2v) is 6.26. The van der Waals surface area contributed by atoms with Crippen molar-refractivity contribution in [2.45, 2.75) is 46.5 Å². The molecule has 0 bridgehead atoms. The van der Waals surface area contributed by atoms with Crippen LogP contribution >= 0.6 is 0 Å². The maximum Gasteiger partial charge on any atom is 0.338 e. The molecule has 0 aromatic heterocycles. The first-order valence-electron chi connectivity index (χ1n) is 7.05. The molecule has 0 unspecified atom stereocenters. The van der Waals surface area contributed by atoms with Crippen LogP contribution in [-0.4, -0.2) is 12.6 Å². The summed E-state index contributed by atoms with van der Waals surface area (Å²) in [5.74, 6) is -0.0788. The third-order valence-corrected chi connectivity index (χ3v) is 3.54. The third-order valence-electron chi connectivity index (χ3n) is 3.54. The molecule has 0 atom stereocenters. The predicted octanol–water partition coefficient (Wildman–Crippen LogP) is 3.35. The minimum atomic E-state index is -0.377. The van der Waals surface area contributed by atoms with Crippen LogP contribution in [0, 0.1) is 5.92 Å². The summed E-state index contributed by atoms with van der Waals surface area (Å²) < 4.78 is 5.20. The van der Waals surface area contributed by atoms with Crippen LogP contribution in [-0.2, 0) is 10.2 Å². The van der Waals surface area contributed by atoms with Crippen molar-refractivity contribution in [3.05, 3.63) is 23.3 Å². The van der Waals surface area contributed by atoms with Gasteiger partial charge in [-0.3, -0.25) is 0 Å². The average Bonchev–Trinajstić information content (AvgIpc) is 2.34. The quantitative estimate of drug-likeness (QED) is 0.639. The zero-order valence-corrected chi connectivity index (χ0v) is 13.1. The molecule has 0 aliphatic heterocycles. The van der Waals surface area contributed by atoms with Crippen LogP contribution in [0.4, 0.5) is 11.4 Å². The van der Waals surface area contributed by atoms with E-state index in [1.807, 2.05) is 13.8 Å². The number of rotatable bonds is 5. The van der Waals surface area contributed by atoms with E-state index < -0.39 is 0 Å². The highest BCUT2D eigenvalue weighted by Crippen LogP contribution is 2.36. The minimum absolute atomic E-state index is 0.117. The number of esters is 1. The molecule has 1 rings (SSSR count). The number of benzene rings is 1. The van der Waals surface area contributed by atoms with E-state index in [1.165, 1.54) is 0 Å². The number of nitrogens with two attached hydrogens (primary N) is 2. The molecule has 4 nitrogen and oxygen atoms in total. The highest BCUT2D eigenvalue weighted by Gasteiger charge is 2.25. The van der Waals surface area contributed by atoms with E-state index >= 15 is 0 Å². The van der Waals surface area contributed by atoms with Crippen LogP contribution in [0.2, 0.25) is 0 Å². The molecular formula is C16H26N2O2. The van der Waals surface area contributed by atoms with E-state index in [-0.39, 0.29) is 11.4 Å². The van der Waals surface area contributed by atoms with Crippen molar-refractivity contribution in [3.63, 3.8) is 0 Å². The molecule has 0 aliphatic carbocycles. The van der Waals surface area contributed by atoms with Crippen molar-refractivity contribution < 1.29 is 9.53 Å². The van der Waals surface area contributed by atoms with Crippen LogP contribution in [0.5, 0.6) is 0 Å². The van der Waals surface area contributed by atoms with Crippen molar-refractivity contribution >= 4 is 17.3 Å².